The first kappa shape index (κ1) is 13.1. The van der Waals surface area contributed by atoms with E-state index in [4.69, 9.17) is 11.6 Å². The lowest BCUT2D eigenvalue weighted by Gasteiger charge is -2.13. The largest absolute Gasteiger partial charge is 0.323 e. The van der Waals surface area contributed by atoms with Gasteiger partial charge in [0.15, 0.2) is 0 Å². The number of halogens is 2. The molecule has 2 aromatic rings. The smallest absolute Gasteiger partial charge is 0.237 e. The quantitative estimate of drug-likeness (QED) is 0.879. The molecule has 0 bridgehead atoms. The normalized spacial score (nSPS) is 12.2. The van der Waals surface area contributed by atoms with Crippen LogP contribution in [0.1, 0.15) is 6.92 Å². The van der Waals surface area contributed by atoms with Gasteiger partial charge in [-0.25, -0.2) is 4.68 Å². The molecule has 18 heavy (non-hydrogen) atoms. The summed E-state index contributed by atoms with van der Waals surface area (Å²) in [5.74, 6) is -0.134. The minimum atomic E-state index is -0.276. The fourth-order valence-electron chi connectivity index (χ4n) is 1.48. The third-order valence-corrected chi connectivity index (χ3v) is 3.06. The van der Waals surface area contributed by atoms with Gasteiger partial charge < -0.3 is 5.32 Å². The molecule has 1 unspecified atom stereocenters. The number of carbonyl (C=O) groups excluding carboxylic acids is 1. The molecular weight excluding hydrogens is 318 g/mol. The van der Waals surface area contributed by atoms with E-state index in [9.17, 15) is 4.79 Å². The van der Waals surface area contributed by atoms with Gasteiger partial charge in [-0.05, 0) is 25.1 Å². The highest BCUT2D eigenvalue weighted by Gasteiger charge is 2.14. The zero-order valence-electron chi connectivity index (χ0n) is 9.60. The van der Waals surface area contributed by atoms with Crippen LogP contribution in [0.15, 0.2) is 36.7 Å². The van der Waals surface area contributed by atoms with Gasteiger partial charge in [0.25, 0.3) is 0 Å². The highest BCUT2D eigenvalue weighted by Crippen LogP contribution is 2.28. The number of nitrogens with one attached hydrogen (secondary N) is 1. The van der Waals surface area contributed by atoms with Gasteiger partial charge in [-0.3, -0.25) is 4.79 Å². The summed E-state index contributed by atoms with van der Waals surface area (Å²) in [6.45, 7) is 1.76. The van der Waals surface area contributed by atoms with E-state index in [2.05, 4.69) is 26.3 Å². The van der Waals surface area contributed by atoms with E-state index in [1.165, 1.54) is 0 Å². The molecule has 0 saturated heterocycles. The van der Waals surface area contributed by atoms with E-state index < -0.39 is 0 Å². The second-order valence-electron chi connectivity index (χ2n) is 3.69. The van der Waals surface area contributed by atoms with Gasteiger partial charge >= 0.3 is 0 Å². The van der Waals surface area contributed by atoms with E-state index in [1.807, 2.05) is 0 Å². The number of hydrogen-bond donors (Lipinski definition) is 1. The van der Waals surface area contributed by atoms with Crippen molar-refractivity contribution in [3.8, 4) is 5.69 Å². The first-order valence-electron chi connectivity index (χ1n) is 5.33. The molecule has 1 aromatic heterocycles. The van der Waals surface area contributed by atoms with Crippen LogP contribution in [0.25, 0.3) is 5.69 Å². The monoisotopic (exact) mass is 327 g/mol. The van der Waals surface area contributed by atoms with Gasteiger partial charge in [0.1, 0.15) is 5.69 Å². The highest BCUT2D eigenvalue weighted by atomic mass is 79.9. The number of aromatic nitrogens is 2. The summed E-state index contributed by atoms with van der Waals surface area (Å²) in [5, 5.41) is 7.46. The number of rotatable bonds is 3. The van der Waals surface area contributed by atoms with Crippen molar-refractivity contribution in [1.82, 2.24) is 9.78 Å². The molecule has 1 N–H and O–H groups in total. The summed E-state index contributed by atoms with van der Waals surface area (Å²) >= 11 is 9.38. The second-order valence-corrected chi connectivity index (χ2v) is 5.47. The summed E-state index contributed by atoms with van der Waals surface area (Å²) in [7, 11) is 0. The van der Waals surface area contributed by atoms with Gasteiger partial charge in [-0.2, -0.15) is 5.10 Å². The third kappa shape index (κ3) is 2.73. The number of hydrogen-bond acceptors (Lipinski definition) is 2. The molecule has 0 saturated carbocycles. The van der Waals surface area contributed by atoms with Crippen LogP contribution in [0.5, 0.6) is 0 Å². The minimum absolute atomic E-state index is 0.134. The number of alkyl halides is 1. The molecule has 0 aliphatic rings. The average molecular weight is 329 g/mol. The number of carbonyl (C=O) groups is 1. The highest BCUT2D eigenvalue weighted by molar-refractivity contribution is 9.10. The molecule has 2 rings (SSSR count). The number of para-hydroxylation sites is 1. The van der Waals surface area contributed by atoms with Gasteiger partial charge in [0.05, 0.1) is 15.5 Å². The molecule has 1 aromatic carbocycles. The lowest BCUT2D eigenvalue weighted by atomic mass is 10.2. The molecule has 6 heteroatoms. The Kier molecular flexibility index (Phi) is 4.04. The van der Waals surface area contributed by atoms with Gasteiger partial charge in [0, 0.05) is 12.4 Å². The summed E-state index contributed by atoms with van der Waals surface area (Å²) in [6, 6.07) is 7.12. The second kappa shape index (κ2) is 5.54. The van der Waals surface area contributed by atoms with Crippen LogP contribution >= 0.6 is 27.5 Å². The summed E-state index contributed by atoms with van der Waals surface area (Å²) in [5.41, 5.74) is 1.29. The maximum Gasteiger partial charge on any atom is 0.237 e. The molecule has 0 fully saturated rings. The Morgan fingerprint density at radius 3 is 2.89 bits per heavy atom. The van der Waals surface area contributed by atoms with E-state index in [0.717, 1.165) is 0 Å². The van der Waals surface area contributed by atoms with Crippen LogP contribution in [0.2, 0.25) is 5.02 Å². The Morgan fingerprint density at radius 1 is 1.50 bits per heavy atom. The Hall–Kier alpha value is -1.33. The molecule has 0 aliphatic carbocycles. The average Bonchev–Trinajstić information content (AvgIpc) is 2.82. The summed E-state index contributed by atoms with van der Waals surface area (Å²) < 4.78 is 1.62. The van der Waals surface area contributed by atoms with E-state index >= 15 is 0 Å². The molecule has 0 aliphatic heterocycles. The summed E-state index contributed by atoms with van der Waals surface area (Å²) in [6.07, 6.45) is 3.43. The van der Waals surface area contributed by atoms with Crippen LogP contribution in [-0.2, 0) is 4.79 Å². The number of benzene rings is 1. The first-order chi connectivity index (χ1) is 8.59. The number of nitrogens with zero attached hydrogens (tertiary/aromatic N) is 2. The zero-order chi connectivity index (χ0) is 13.1. The standard InChI is InChI=1S/C12H11BrClN3O/c1-8(13)12(18)16-10-5-2-4-9(14)11(10)17-7-3-6-15-17/h2-8H,1H3,(H,16,18). The van der Waals surface area contributed by atoms with Crippen LogP contribution in [0.3, 0.4) is 0 Å². The Morgan fingerprint density at radius 2 is 2.28 bits per heavy atom. The van der Waals surface area contributed by atoms with Crippen molar-refractivity contribution in [2.75, 3.05) is 5.32 Å². The van der Waals surface area contributed by atoms with Crippen molar-refractivity contribution < 1.29 is 4.79 Å². The van der Waals surface area contributed by atoms with Crippen molar-refractivity contribution in [3.63, 3.8) is 0 Å². The van der Waals surface area contributed by atoms with Gasteiger partial charge in [0.2, 0.25) is 5.91 Å². The van der Waals surface area contributed by atoms with Gasteiger partial charge in [-0.1, -0.05) is 33.6 Å². The van der Waals surface area contributed by atoms with Crippen molar-refractivity contribution in [2.45, 2.75) is 11.8 Å². The molecular formula is C12H11BrClN3O. The fraction of sp³-hybridized carbons (Fsp3) is 0.167. The molecule has 0 spiro atoms. The van der Waals surface area contributed by atoms with Gasteiger partial charge in [-0.15, -0.1) is 0 Å². The van der Waals surface area contributed by atoms with Crippen molar-refractivity contribution in [1.29, 1.82) is 0 Å². The number of anilines is 1. The Bertz CT molecular complexity index is 554. The summed E-state index contributed by atoms with van der Waals surface area (Å²) in [4.78, 5) is 11.4. The van der Waals surface area contributed by atoms with Crippen LogP contribution in [0.4, 0.5) is 5.69 Å². The molecule has 1 heterocycles. The molecule has 4 nitrogen and oxygen atoms in total. The predicted octanol–water partition coefficient (Wildman–Crippen LogP) is 3.25. The van der Waals surface area contributed by atoms with E-state index in [-0.39, 0.29) is 10.7 Å². The molecule has 0 radical (unpaired) electrons. The predicted molar refractivity (Wildman–Crippen MR) is 75.6 cm³/mol. The zero-order valence-corrected chi connectivity index (χ0v) is 11.9. The van der Waals surface area contributed by atoms with E-state index in [0.29, 0.717) is 16.4 Å². The maximum atomic E-state index is 11.7. The lowest BCUT2D eigenvalue weighted by molar-refractivity contribution is -0.115. The van der Waals surface area contributed by atoms with Crippen molar-refractivity contribution in [2.24, 2.45) is 0 Å². The lowest BCUT2D eigenvalue weighted by Crippen LogP contribution is -2.21. The fourth-order valence-corrected chi connectivity index (χ4v) is 1.86. The van der Waals surface area contributed by atoms with Crippen LogP contribution in [-0.4, -0.2) is 20.5 Å². The Balaban J connectivity index is 2.42. The maximum absolute atomic E-state index is 11.7. The number of amides is 1. The third-order valence-electron chi connectivity index (χ3n) is 2.34. The van der Waals surface area contributed by atoms with Crippen LogP contribution in [0, 0.1) is 0 Å². The molecule has 1 atom stereocenters. The van der Waals surface area contributed by atoms with Crippen LogP contribution < -0.4 is 5.32 Å². The molecule has 94 valence electrons. The molecule has 1 amide bonds. The Labute approximate surface area is 118 Å². The first-order valence-corrected chi connectivity index (χ1v) is 6.62. The van der Waals surface area contributed by atoms with Crippen molar-refractivity contribution >= 4 is 39.1 Å². The topological polar surface area (TPSA) is 46.9 Å². The SMILES string of the molecule is CC(Br)C(=O)Nc1cccc(Cl)c1-n1cccn1. The van der Waals surface area contributed by atoms with E-state index in [1.54, 1.807) is 48.3 Å². The minimum Gasteiger partial charge on any atom is -0.323 e. The van der Waals surface area contributed by atoms with Crippen molar-refractivity contribution in [3.05, 3.63) is 41.7 Å².